The number of nitrogens with one attached hydrogen (secondary N) is 1. The van der Waals surface area contributed by atoms with Crippen LogP contribution >= 0.6 is 15.9 Å². The molecule has 2 rings (SSSR count). The summed E-state index contributed by atoms with van der Waals surface area (Å²) in [5.41, 5.74) is 0.447. The van der Waals surface area contributed by atoms with Crippen LogP contribution in [0.1, 0.15) is 13.3 Å². The number of halogens is 1. The third-order valence-electron chi connectivity index (χ3n) is 3.23. The molecule has 2 N–H and O–H groups in total. The first kappa shape index (κ1) is 20.1. The standard InChI is InChI=1S/C16H18BrNO7S/c1-10(19)24-15-13(20)14(11-4-6-12(23-2)7-5-11)25-16(15)18-26(21,22)9-3-8-17/h4-7,18,20H,3,8-9H2,1-2H3. The number of alkyl halides is 1. The molecule has 0 aliphatic heterocycles. The lowest BCUT2D eigenvalue weighted by Crippen LogP contribution is -2.17. The highest BCUT2D eigenvalue weighted by atomic mass is 79.9. The second-order valence-electron chi connectivity index (χ2n) is 5.22. The van der Waals surface area contributed by atoms with E-state index in [4.69, 9.17) is 13.9 Å². The Balaban J connectivity index is 2.44. The average molecular weight is 448 g/mol. The molecule has 0 radical (unpaired) electrons. The Labute approximate surface area is 159 Å². The summed E-state index contributed by atoms with van der Waals surface area (Å²) >= 11 is 3.16. The molecule has 0 atom stereocenters. The lowest BCUT2D eigenvalue weighted by atomic mass is 10.1. The van der Waals surface area contributed by atoms with E-state index in [2.05, 4.69) is 20.7 Å². The molecule has 2 aromatic rings. The van der Waals surface area contributed by atoms with Gasteiger partial charge < -0.3 is 19.0 Å². The molecule has 1 heterocycles. The maximum absolute atomic E-state index is 12.1. The first-order valence-corrected chi connectivity index (χ1v) is 10.3. The number of benzene rings is 1. The minimum absolute atomic E-state index is 0.0397. The summed E-state index contributed by atoms with van der Waals surface area (Å²) in [5.74, 6) is -1.58. The molecule has 10 heteroatoms. The Morgan fingerprint density at radius 1 is 1.31 bits per heavy atom. The van der Waals surface area contributed by atoms with Gasteiger partial charge in [-0.3, -0.25) is 4.79 Å². The maximum atomic E-state index is 12.1. The third-order valence-corrected chi connectivity index (χ3v) is 5.12. The zero-order chi connectivity index (χ0) is 19.3. The van der Waals surface area contributed by atoms with Gasteiger partial charge >= 0.3 is 5.97 Å². The van der Waals surface area contributed by atoms with Crippen LogP contribution in [-0.2, 0) is 14.8 Å². The minimum atomic E-state index is -3.75. The highest BCUT2D eigenvalue weighted by molar-refractivity contribution is 9.09. The van der Waals surface area contributed by atoms with Crippen molar-refractivity contribution in [2.75, 3.05) is 22.9 Å². The van der Waals surface area contributed by atoms with E-state index < -0.39 is 21.7 Å². The average Bonchev–Trinajstić information content (AvgIpc) is 2.88. The van der Waals surface area contributed by atoms with Crippen molar-refractivity contribution in [3.05, 3.63) is 24.3 Å². The molecule has 26 heavy (non-hydrogen) atoms. The van der Waals surface area contributed by atoms with Gasteiger partial charge in [-0.1, -0.05) is 15.9 Å². The van der Waals surface area contributed by atoms with E-state index in [0.29, 0.717) is 23.1 Å². The van der Waals surface area contributed by atoms with E-state index in [9.17, 15) is 18.3 Å². The van der Waals surface area contributed by atoms with Crippen LogP contribution in [0.5, 0.6) is 17.2 Å². The van der Waals surface area contributed by atoms with E-state index in [1.54, 1.807) is 24.3 Å². The van der Waals surface area contributed by atoms with E-state index in [1.807, 2.05) is 0 Å². The van der Waals surface area contributed by atoms with E-state index in [0.717, 1.165) is 6.92 Å². The lowest BCUT2D eigenvalue weighted by molar-refractivity contribution is -0.131. The number of hydrogen-bond acceptors (Lipinski definition) is 7. The van der Waals surface area contributed by atoms with Crippen molar-refractivity contribution in [1.29, 1.82) is 0 Å². The Morgan fingerprint density at radius 2 is 1.96 bits per heavy atom. The molecule has 0 fully saturated rings. The van der Waals surface area contributed by atoms with Crippen LogP contribution in [0.15, 0.2) is 28.7 Å². The predicted molar refractivity (Wildman–Crippen MR) is 99.5 cm³/mol. The number of carbonyl (C=O) groups is 1. The second kappa shape index (κ2) is 8.45. The van der Waals surface area contributed by atoms with Gasteiger partial charge in [0.25, 0.3) is 5.88 Å². The van der Waals surface area contributed by atoms with Crippen molar-refractivity contribution in [2.24, 2.45) is 0 Å². The number of carbonyl (C=O) groups excluding carboxylic acids is 1. The monoisotopic (exact) mass is 447 g/mol. The zero-order valence-electron chi connectivity index (χ0n) is 14.1. The minimum Gasteiger partial charge on any atom is -0.502 e. The van der Waals surface area contributed by atoms with Gasteiger partial charge in [0.2, 0.25) is 21.5 Å². The van der Waals surface area contributed by atoms with Gasteiger partial charge in [0.1, 0.15) is 5.75 Å². The number of ether oxygens (including phenoxy) is 2. The molecule has 0 unspecified atom stereocenters. The number of anilines is 1. The fraction of sp³-hybridized carbons (Fsp3) is 0.312. The van der Waals surface area contributed by atoms with Crippen molar-refractivity contribution < 1.29 is 32.2 Å². The first-order chi connectivity index (χ1) is 12.3. The normalized spacial score (nSPS) is 11.2. The molecule has 1 aromatic carbocycles. The molecule has 142 valence electrons. The van der Waals surface area contributed by atoms with Gasteiger partial charge in [-0.15, -0.1) is 0 Å². The van der Waals surface area contributed by atoms with Crippen LogP contribution in [0.2, 0.25) is 0 Å². The largest absolute Gasteiger partial charge is 0.502 e. The zero-order valence-corrected chi connectivity index (χ0v) is 16.5. The molecule has 0 aliphatic rings. The molecule has 0 amide bonds. The summed E-state index contributed by atoms with van der Waals surface area (Å²) in [6, 6.07) is 6.50. The number of rotatable bonds is 8. The van der Waals surface area contributed by atoms with E-state index in [1.165, 1.54) is 7.11 Å². The van der Waals surface area contributed by atoms with Crippen LogP contribution in [0.25, 0.3) is 11.3 Å². The van der Waals surface area contributed by atoms with E-state index in [-0.39, 0.29) is 23.1 Å². The van der Waals surface area contributed by atoms with Gasteiger partial charge in [-0.25, -0.2) is 13.1 Å². The maximum Gasteiger partial charge on any atom is 0.308 e. The molecule has 0 saturated heterocycles. The highest BCUT2D eigenvalue weighted by Crippen LogP contribution is 2.46. The summed E-state index contributed by atoms with van der Waals surface area (Å²) in [6.07, 6.45) is 0.371. The molecule has 0 aliphatic carbocycles. The van der Waals surface area contributed by atoms with Gasteiger partial charge in [-0.05, 0) is 30.7 Å². The Kier molecular flexibility index (Phi) is 6.54. The summed E-state index contributed by atoms with van der Waals surface area (Å²) < 4.78 is 41.9. The van der Waals surface area contributed by atoms with Crippen molar-refractivity contribution in [1.82, 2.24) is 0 Å². The number of sulfonamides is 1. The number of methoxy groups -OCH3 is 1. The van der Waals surface area contributed by atoms with Gasteiger partial charge in [-0.2, -0.15) is 0 Å². The number of hydrogen-bond donors (Lipinski definition) is 2. The molecule has 8 nitrogen and oxygen atoms in total. The number of esters is 1. The van der Waals surface area contributed by atoms with Gasteiger partial charge in [0.15, 0.2) is 5.76 Å². The summed E-state index contributed by atoms with van der Waals surface area (Å²) in [4.78, 5) is 11.3. The molecular formula is C16H18BrNO7S. The number of furan rings is 1. The Bertz CT molecular complexity index is 875. The van der Waals surface area contributed by atoms with Crippen LogP contribution in [0.4, 0.5) is 5.88 Å². The number of aromatic hydroxyl groups is 1. The SMILES string of the molecule is COc1ccc(-c2oc(NS(=O)(=O)CCCBr)c(OC(C)=O)c2O)cc1. The van der Waals surface area contributed by atoms with Crippen LogP contribution < -0.4 is 14.2 Å². The molecule has 0 bridgehead atoms. The molecular weight excluding hydrogens is 430 g/mol. The van der Waals surface area contributed by atoms with Crippen LogP contribution in [-0.4, -0.2) is 37.7 Å². The fourth-order valence-corrected chi connectivity index (χ4v) is 3.78. The predicted octanol–water partition coefficient (Wildman–Crippen LogP) is 3.11. The highest BCUT2D eigenvalue weighted by Gasteiger charge is 2.27. The summed E-state index contributed by atoms with van der Waals surface area (Å²) in [5, 5.41) is 10.9. The van der Waals surface area contributed by atoms with Crippen molar-refractivity contribution in [2.45, 2.75) is 13.3 Å². The Morgan fingerprint density at radius 3 is 2.50 bits per heavy atom. The summed E-state index contributed by atoms with van der Waals surface area (Å²) in [7, 11) is -2.24. The molecule has 0 spiro atoms. The summed E-state index contributed by atoms with van der Waals surface area (Å²) in [6.45, 7) is 1.13. The third kappa shape index (κ3) is 4.92. The quantitative estimate of drug-likeness (QED) is 0.471. The van der Waals surface area contributed by atoms with Crippen LogP contribution in [0, 0.1) is 0 Å². The molecule has 1 aromatic heterocycles. The topological polar surface area (TPSA) is 115 Å². The van der Waals surface area contributed by atoms with Crippen molar-refractivity contribution in [3.8, 4) is 28.6 Å². The first-order valence-electron chi connectivity index (χ1n) is 7.52. The second-order valence-corrected chi connectivity index (χ2v) is 7.86. The van der Waals surface area contributed by atoms with Gasteiger partial charge in [0.05, 0.1) is 12.9 Å². The molecule has 0 saturated carbocycles. The van der Waals surface area contributed by atoms with Crippen LogP contribution in [0.3, 0.4) is 0 Å². The van der Waals surface area contributed by atoms with Crippen molar-refractivity contribution >= 4 is 37.8 Å². The lowest BCUT2D eigenvalue weighted by Gasteiger charge is -2.06. The van der Waals surface area contributed by atoms with E-state index >= 15 is 0 Å². The van der Waals surface area contributed by atoms with Crippen molar-refractivity contribution in [3.63, 3.8) is 0 Å². The van der Waals surface area contributed by atoms with Gasteiger partial charge in [0, 0.05) is 17.8 Å². The smallest absolute Gasteiger partial charge is 0.308 e. The fourth-order valence-electron chi connectivity index (χ4n) is 2.09. The Hall–Kier alpha value is -2.20.